The van der Waals surface area contributed by atoms with Crippen molar-refractivity contribution in [2.24, 2.45) is 11.8 Å². The highest BCUT2D eigenvalue weighted by molar-refractivity contribution is 9.10. The van der Waals surface area contributed by atoms with Gasteiger partial charge in [-0.2, -0.15) is 0 Å². The number of carbonyl (C=O) groups is 2. The number of hydrogen-bond acceptors (Lipinski definition) is 5. The van der Waals surface area contributed by atoms with Crippen molar-refractivity contribution in [1.29, 1.82) is 0 Å². The summed E-state index contributed by atoms with van der Waals surface area (Å²) in [6.07, 6.45) is 1.49. The van der Waals surface area contributed by atoms with Crippen molar-refractivity contribution in [3.8, 4) is 5.75 Å². The monoisotopic (exact) mass is 399 g/mol. The van der Waals surface area contributed by atoms with E-state index in [-0.39, 0.29) is 17.7 Å². The Bertz CT molecular complexity index is 597. The van der Waals surface area contributed by atoms with Gasteiger partial charge < -0.3 is 14.4 Å². The van der Waals surface area contributed by atoms with E-state index in [0.717, 1.165) is 17.3 Å². The Morgan fingerprint density at radius 3 is 2.92 bits per heavy atom. The molecule has 8 heteroatoms. The van der Waals surface area contributed by atoms with Crippen LogP contribution < -0.4 is 16.0 Å². The summed E-state index contributed by atoms with van der Waals surface area (Å²) in [5.41, 5.74) is 2.63. The van der Waals surface area contributed by atoms with Crippen molar-refractivity contribution in [3.63, 3.8) is 0 Å². The van der Waals surface area contributed by atoms with Gasteiger partial charge in [-0.1, -0.05) is 15.9 Å². The zero-order chi connectivity index (χ0) is 17.5. The molecule has 2 amide bonds. The molecular formula is C16H22BrN3O4. The molecule has 1 aromatic carbocycles. The molecule has 24 heavy (non-hydrogen) atoms. The summed E-state index contributed by atoms with van der Waals surface area (Å²) in [5, 5.41) is 0. The minimum Gasteiger partial charge on any atom is -0.490 e. The van der Waals surface area contributed by atoms with Crippen molar-refractivity contribution < 1.29 is 19.1 Å². The Morgan fingerprint density at radius 2 is 2.21 bits per heavy atom. The molecule has 0 aliphatic carbocycles. The molecule has 1 aliphatic heterocycles. The molecule has 132 valence electrons. The van der Waals surface area contributed by atoms with Crippen molar-refractivity contribution in [2.75, 3.05) is 33.4 Å². The van der Waals surface area contributed by atoms with Crippen LogP contribution in [0.5, 0.6) is 5.75 Å². The molecule has 1 aliphatic rings. The molecule has 0 aromatic heterocycles. The number of carbonyl (C=O) groups excluding carboxylic acids is 2. The number of nitrogens with one attached hydrogen (secondary N) is 1. The summed E-state index contributed by atoms with van der Waals surface area (Å²) in [7, 11) is 1.59. The van der Waals surface area contributed by atoms with E-state index in [2.05, 4.69) is 21.4 Å². The highest BCUT2D eigenvalue weighted by atomic mass is 79.9. The van der Waals surface area contributed by atoms with Crippen LogP contribution in [0.2, 0.25) is 0 Å². The first kappa shape index (κ1) is 18.7. The van der Waals surface area contributed by atoms with Gasteiger partial charge in [0.25, 0.3) is 5.91 Å². The largest absolute Gasteiger partial charge is 0.490 e. The van der Waals surface area contributed by atoms with Gasteiger partial charge in [0.2, 0.25) is 5.91 Å². The van der Waals surface area contributed by atoms with Gasteiger partial charge in [-0.3, -0.25) is 15.0 Å². The molecule has 1 unspecified atom stereocenters. The molecular weight excluding hydrogens is 378 g/mol. The lowest BCUT2D eigenvalue weighted by molar-refractivity contribution is -0.126. The number of benzene rings is 1. The van der Waals surface area contributed by atoms with Crippen LogP contribution in [0.3, 0.4) is 0 Å². The van der Waals surface area contributed by atoms with Gasteiger partial charge in [-0.05, 0) is 31.0 Å². The maximum atomic E-state index is 12.9. The average molecular weight is 400 g/mol. The van der Waals surface area contributed by atoms with E-state index in [0.29, 0.717) is 37.6 Å². The predicted octanol–water partition coefficient (Wildman–Crippen LogP) is 1.32. The number of amides is 2. The van der Waals surface area contributed by atoms with E-state index in [9.17, 15) is 9.59 Å². The lowest BCUT2D eigenvalue weighted by Crippen LogP contribution is -2.47. The van der Waals surface area contributed by atoms with Crippen LogP contribution in [0, 0.1) is 5.92 Å². The Morgan fingerprint density at radius 1 is 1.42 bits per heavy atom. The third kappa shape index (κ3) is 4.68. The molecule has 2 rings (SSSR count). The van der Waals surface area contributed by atoms with Gasteiger partial charge in [-0.25, -0.2) is 5.84 Å². The van der Waals surface area contributed by atoms with Gasteiger partial charge in [0, 0.05) is 24.7 Å². The molecule has 1 saturated heterocycles. The Kier molecular flexibility index (Phi) is 7.01. The van der Waals surface area contributed by atoms with Crippen LogP contribution in [-0.4, -0.2) is 50.1 Å². The summed E-state index contributed by atoms with van der Waals surface area (Å²) in [4.78, 5) is 26.3. The minimum atomic E-state index is -0.280. The average Bonchev–Trinajstić information content (AvgIpc) is 2.61. The molecule has 1 heterocycles. The number of halogens is 1. The molecule has 1 atom stereocenters. The first-order valence-corrected chi connectivity index (χ1v) is 8.57. The topological polar surface area (TPSA) is 93.9 Å². The molecule has 1 aromatic rings. The number of ether oxygens (including phenoxy) is 2. The van der Waals surface area contributed by atoms with Gasteiger partial charge in [0.15, 0.2) is 0 Å². The van der Waals surface area contributed by atoms with Gasteiger partial charge in [0.1, 0.15) is 12.4 Å². The molecule has 0 bridgehead atoms. The van der Waals surface area contributed by atoms with Gasteiger partial charge in [-0.15, -0.1) is 0 Å². The number of likely N-dealkylation sites (tertiary alicyclic amines) is 1. The standard InChI is InChI=1S/C16H22BrN3O4/c1-23-7-8-24-14-5-4-12(17)9-13(14)16(22)20-6-2-3-11(10-20)15(21)19-18/h4-5,9,11H,2-3,6-8,10,18H2,1H3,(H,19,21). The Balaban J connectivity index is 2.15. The third-order valence-electron chi connectivity index (χ3n) is 3.94. The summed E-state index contributed by atoms with van der Waals surface area (Å²) >= 11 is 3.39. The zero-order valence-electron chi connectivity index (χ0n) is 13.6. The third-order valence-corrected chi connectivity index (χ3v) is 4.43. The second kappa shape index (κ2) is 9.00. The number of rotatable bonds is 6. The number of hydrogen-bond donors (Lipinski definition) is 2. The van der Waals surface area contributed by atoms with Crippen molar-refractivity contribution in [1.82, 2.24) is 10.3 Å². The fourth-order valence-corrected chi connectivity index (χ4v) is 3.06. The molecule has 0 radical (unpaired) electrons. The van der Waals surface area contributed by atoms with Gasteiger partial charge >= 0.3 is 0 Å². The highest BCUT2D eigenvalue weighted by Crippen LogP contribution is 2.27. The lowest BCUT2D eigenvalue weighted by Gasteiger charge is -2.32. The summed E-state index contributed by atoms with van der Waals surface area (Å²) < 4.78 is 11.4. The first-order chi connectivity index (χ1) is 11.6. The minimum absolute atomic E-state index is 0.154. The van der Waals surface area contributed by atoms with E-state index < -0.39 is 0 Å². The van der Waals surface area contributed by atoms with Crippen LogP contribution in [0.1, 0.15) is 23.2 Å². The van der Waals surface area contributed by atoms with E-state index in [1.54, 1.807) is 24.1 Å². The molecule has 1 fully saturated rings. The molecule has 0 spiro atoms. The van der Waals surface area contributed by atoms with Crippen LogP contribution in [-0.2, 0) is 9.53 Å². The first-order valence-electron chi connectivity index (χ1n) is 7.77. The molecule has 0 saturated carbocycles. The fourth-order valence-electron chi connectivity index (χ4n) is 2.69. The Hall–Kier alpha value is -1.64. The second-order valence-corrected chi connectivity index (χ2v) is 6.50. The fraction of sp³-hybridized carbons (Fsp3) is 0.500. The number of piperidine rings is 1. The summed E-state index contributed by atoms with van der Waals surface area (Å²) in [6.45, 7) is 1.76. The van der Waals surface area contributed by atoms with Crippen LogP contribution in [0.15, 0.2) is 22.7 Å². The van der Waals surface area contributed by atoms with Crippen molar-refractivity contribution in [2.45, 2.75) is 12.8 Å². The van der Waals surface area contributed by atoms with Crippen LogP contribution in [0.25, 0.3) is 0 Å². The maximum Gasteiger partial charge on any atom is 0.257 e. The Labute approximate surface area is 149 Å². The van der Waals surface area contributed by atoms with E-state index in [1.807, 2.05) is 6.07 Å². The zero-order valence-corrected chi connectivity index (χ0v) is 15.2. The number of nitrogens with zero attached hydrogens (tertiary/aromatic N) is 1. The van der Waals surface area contributed by atoms with Crippen molar-refractivity contribution >= 4 is 27.7 Å². The second-order valence-electron chi connectivity index (χ2n) is 5.58. The van der Waals surface area contributed by atoms with Gasteiger partial charge in [0.05, 0.1) is 18.1 Å². The highest BCUT2D eigenvalue weighted by Gasteiger charge is 2.29. The quantitative estimate of drug-likeness (QED) is 0.325. The summed E-state index contributed by atoms with van der Waals surface area (Å²) in [5.74, 6) is 5.04. The SMILES string of the molecule is COCCOc1ccc(Br)cc1C(=O)N1CCCC(C(=O)NN)C1. The summed E-state index contributed by atoms with van der Waals surface area (Å²) in [6, 6.07) is 5.30. The van der Waals surface area contributed by atoms with E-state index >= 15 is 0 Å². The number of nitrogens with two attached hydrogens (primary N) is 1. The normalized spacial score (nSPS) is 17.5. The van der Waals surface area contributed by atoms with E-state index in [1.165, 1.54) is 0 Å². The molecule has 7 nitrogen and oxygen atoms in total. The van der Waals surface area contributed by atoms with Crippen LogP contribution >= 0.6 is 15.9 Å². The number of hydrazine groups is 1. The number of methoxy groups -OCH3 is 1. The molecule has 3 N–H and O–H groups in total. The van der Waals surface area contributed by atoms with Crippen LogP contribution in [0.4, 0.5) is 0 Å². The smallest absolute Gasteiger partial charge is 0.257 e. The van der Waals surface area contributed by atoms with E-state index in [4.69, 9.17) is 15.3 Å². The lowest BCUT2D eigenvalue weighted by atomic mass is 9.96. The predicted molar refractivity (Wildman–Crippen MR) is 92.5 cm³/mol. The maximum absolute atomic E-state index is 12.9. The van der Waals surface area contributed by atoms with Crippen molar-refractivity contribution in [3.05, 3.63) is 28.2 Å².